The Labute approximate surface area is 113 Å². The highest BCUT2D eigenvalue weighted by molar-refractivity contribution is 6.31. The molecular formula is C13H19ClN2O2. The first-order valence-corrected chi connectivity index (χ1v) is 6.23. The molecule has 2 N–H and O–H groups in total. The Morgan fingerprint density at radius 3 is 2.78 bits per heavy atom. The molecule has 1 aromatic carbocycles. The van der Waals surface area contributed by atoms with E-state index in [-0.39, 0.29) is 12.5 Å². The molecule has 0 saturated carbocycles. The van der Waals surface area contributed by atoms with Crippen molar-refractivity contribution in [3.8, 4) is 0 Å². The lowest BCUT2D eigenvalue weighted by atomic mass is 10.2. The van der Waals surface area contributed by atoms with Crippen LogP contribution in [0.15, 0.2) is 24.3 Å². The lowest BCUT2D eigenvalue weighted by molar-refractivity contribution is -0.122. The van der Waals surface area contributed by atoms with Gasteiger partial charge >= 0.3 is 0 Å². The third-order valence-electron chi connectivity index (χ3n) is 2.42. The van der Waals surface area contributed by atoms with Crippen LogP contribution in [0.25, 0.3) is 0 Å². The molecular weight excluding hydrogens is 252 g/mol. The zero-order chi connectivity index (χ0) is 13.5. The maximum Gasteiger partial charge on any atom is 0.234 e. The van der Waals surface area contributed by atoms with Gasteiger partial charge in [-0.05, 0) is 25.6 Å². The van der Waals surface area contributed by atoms with Crippen LogP contribution in [0.5, 0.6) is 0 Å². The molecule has 0 aromatic heterocycles. The molecule has 0 saturated heterocycles. The van der Waals surface area contributed by atoms with Crippen LogP contribution in [-0.2, 0) is 11.3 Å². The van der Waals surface area contributed by atoms with E-state index in [1.165, 1.54) is 0 Å². The number of aliphatic hydroxyl groups is 1. The Bertz CT molecular complexity index is 396. The summed E-state index contributed by atoms with van der Waals surface area (Å²) in [6, 6.07) is 7.40. The Balaban J connectivity index is 2.35. The van der Waals surface area contributed by atoms with Gasteiger partial charge in [-0.25, -0.2) is 0 Å². The predicted molar refractivity (Wildman–Crippen MR) is 72.5 cm³/mol. The summed E-state index contributed by atoms with van der Waals surface area (Å²) in [6.07, 6.45) is -0.439. The van der Waals surface area contributed by atoms with Crippen LogP contribution in [-0.4, -0.2) is 42.2 Å². The van der Waals surface area contributed by atoms with E-state index in [1.54, 1.807) is 24.9 Å². The van der Waals surface area contributed by atoms with Crippen molar-refractivity contribution in [2.45, 2.75) is 19.6 Å². The number of likely N-dealkylation sites (N-methyl/N-ethyl adjacent to an activating group) is 1. The third-order valence-corrected chi connectivity index (χ3v) is 2.79. The van der Waals surface area contributed by atoms with E-state index >= 15 is 0 Å². The molecule has 0 spiro atoms. The minimum atomic E-state index is -0.439. The fourth-order valence-corrected chi connectivity index (χ4v) is 1.85. The molecule has 0 heterocycles. The van der Waals surface area contributed by atoms with Gasteiger partial charge in [0.15, 0.2) is 0 Å². The van der Waals surface area contributed by atoms with E-state index in [0.29, 0.717) is 18.1 Å². The number of hydrogen-bond donors (Lipinski definition) is 2. The SMILES string of the molecule is CC(O)CN(C)CC(=O)NCc1ccccc1Cl. The van der Waals surface area contributed by atoms with Gasteiger partial charge in [0.2, 0.25) is 5.91 Å². The summed E-state index contributed by atoms with van der Waals surface area (Å²) < 4.78 is 0. The lowest BCUT2D eigenvalue weighted by Crippen LogP contribution is -2.37. The zero-order valence-corrected chi connectivity index (χ0v) is 11.4. The van der Waals surface area contributed by atoms with Gasteiger partial charge in [0.25, 0.3) is 0 Å². The largest absolute Gasteiger partial charge is 0.392 e. The minimum Gasteiger partial charge on any atom is -0.392 e. The van der Waals surface area contributed by atoms with Gasteiger partial charge in [-0.2, -0.15) is 0 Å². The molecule has 1 atom stereocenters. The molecule has 18 heavy (non-hydrogen) atoms. The summed E-state index contributed by atoms with van der Waals surface area (Å²) in [5.41, 5.74) is 0.894. The van der Waals surface area contributed by atoms with Crippen molar-refractivity contribution in [3.63, 3.8) is 0 Å². The number of rotatable bonds is 6. The molecule has 1 rings (SSSR count). The zero-order valence-electron chi connectivity index (χ0n) is 10.7. The van der Waals surface area contributed by atoms with Crippen LogP contribution in [0, 0.1) is 0 Å². The molecule has 1 amide bonds. The summed E-state index contributed by atoms with van der Waals surface area (Å²) in [5.74, 6) is -0.0851. The van der Waals surface area contributed by atoms with Crippen LogP contribution in [0.3, 0.4) is 0 Å². The van der Waals surface area contributed by atoms with Crippen molar-refractivity contribution in [1.82, 2.24) is 10.2 Å². The maximum atomic E-state index is 11.6. The monoisotopic (exact) mass is 270 g/mol. The number of carbonyl (C=O) groups is 1. The molecule has 100 valence electrons. The minimum absolute atomic E-state index is 0.0851. The van der Waals surface area contributed by atoms with Crippen LogP contribution < -0.4 is 5.32 Å². The van der Waals surface area contributed by atoms with Crippen molar-refractivity contribution in [3.05, 3.63) is 34.9 Å². The van der Waals surface area contributed by atoms with Crippen molar-refractivity contribution in [1.29, 1.82) is 0 Å². The number of benzene rings is 1. The number of nitrogens with zero attached hydrogens (tertiary/aromatic N) is 1. The maximum absolute atomic E-state index is 11.6. The van der Waals surface area contributed by atoms with Crippen molar-refractivity contribution >= 4 is 17.5 Å². The standard InChI is InChI=1S/C13H19ClN2O2/c1-10(17)8-16(2)9-13(18)15-7-11-5-3-4-6-12(11)14/h3-6,10,17H,7-9H2,1-2H3,(H,15,18). The van der Waals surface area contributed by atoms with Crippen LogP contribution >= 0.6 is 11.6 Å². The highest BCUT2D eigenvalue weighted by atomic mass is 35.5. The van der Waals surface area contributed by atoms with Crippen molar-refractivity contribution in [2.75, 3.05) is 20.1 Å². The van der Waals surface area contributed by atoms with Gasteiger partial charge in [0.05, 0.1) is 12.6 Å². The second-order valence-corrected chi connectivity index (χ2v) is 4.82. The van der Waals surface area contributed by atoms with Gasteiger partial charge < -0.3 is 10.4 Å². The first-order valence-electron chi connectivity index (χ1n) is 5.85. The Kier molecular flexibility index (Phi) is 6.12. The van der Waals surface area contributed by atoms with E-state index < -0.39 is 6.10 Å². The van der Waals surface area contributed by atoms with Crippen LogP contribution in [0.2, 0.25) is 5.02 Å². The lowest BCUT2D eigenvalue weighted by Gasteiger charge is -2.17. The number of amides is 1. The molecule has 0 aliphatic carbocycles. The number of aliphatic hydroxyl groups excluding tert-OH is 1. The van der Waals surface area contributed by atoms with Crippen molar-refractivity contribution < 1.29 is 9.90 Å². The summed E-state index contributed by atoms with van der Waals surface area (Å²) in [7, 11) is 1.79. The summed E-state index contributed by atoms with van der Waals surface area (Å²) >= 11 is 5.99. The fraction of sp³-hybridized carbons (Fsp3) is 0.462. The molecule has 1 unspecified atom stereocenters. The second kappa shape index (κ2) is 7.36. The molecule has 1 aromatic rings. The molecule has 5 heteroatoms. The van der Waals surface area contributed by atoms with Crippen molar-refractivity contribution in [2.24, 2.45) is 0 Å². The Morgan fingerprint density at radius 2 is 2.17 bits per heavy atom. The quantitative estimate of drug-likeness (QED) is 0.819. The van der Waals surface area contributed by atoms with E-state index in [1.807, 2.05) is 18.2 Å². The number of nitrogens with one attached hydrogen (secondary N) is 1. The number of carbonyl (C=O) groups excluding carboxylic acids is 1. The number of hydrogen-bond acceptors (Lipinski definition) is 3. The summed E-state index contributed by atoms with van der Waals surface area (Å²) in [5, 5.41) is 12.6. The van der Waals surface area contributed by atoms with Crippen LogP contribution in [0.1, 0.15) is 12.5 Å². The molecule has 0 fully saturated rings. The topological polar surface area (TPSA) is 52.6 Å². The average molecular weight is 271 g/mol. The Morgan fingerprint density at radius 1 is 1.50 bits per heavy atom. The highest BCUT2D eigenvalue weighted by Crippen LogP contribution is 2.14. The smallest absolute Gasteiger partial charge is 0.234 e. The van der Waals surface area contributed by atoms with Crippen LogP contribution in [0.4, 0.5) is 0 Å². The third kappa shape index (κ3) is 5.49. The highest BCUT2D eigenvalue weighted by Gasteiger charge is 2.08. The first-order chi connectivity index (χ1) is 8.49. The van der Waals surface area contributed by atoms with E-state index in [2.05, 4.69) is 5.32 Å². The summed E-state index contributed by atoms with van der Waals surface area (Å²) in [4.78, 5) is 13.4. The molecule has 0 radical (unpaired) electrons. The first kappa shape index (κ1) is 15.0. The normalized spacial score (nSPS) is 12.5. The Hall–Kier alpha value is -1.10. The molecule has 0 aliphatic heterocycles. The van der Waals surface area contributed by atoms with Gasteiger partial charge in [0.1, 0.15) is 0 Å². The van der Waals surface area contributed by atoms with Gasteiger partial charge in [-0.15, -0.1) is 0 Å². The van der Waals surface area contributed by atoms with Gasteiger partial charge in [-0.3, -0.25) is 9.69 Å². The van der Waals surface area contributed by atoms with Gasteiger partial charge in [-0.1, -0.05) is 29.8 Å². The fourth-order valence-electron chi connectivity index (χ4n) is 1.65. The molecule has 0 bridgehead atoms. The second-order valence-electron chi connectivity index (χ2n) is 4.41. The van der Waals surface area contributed by atoms with Gasteiger partial charge in [0, 0.05) is 18.1 Å². The molecule has 0 aliphatic rings. The van der Waals surface area contributed by atoms with E-state index in [4.69, 9.17) is 11.6 Å². The number of halogens is 1. The molecule has 4 nitrogen and oxygen atoms in total. The van der Waals surface area contributed by atoms with E-state index in [0.717, 1.165) is 5.56 Å². The summed E-state index contributed by atoms with van der Waals surface area (Å²) in [6.45, 7) is 2.84. The average Bonchev–Trinajstić information content (AvgIpc) is 2.26. The van der Waals surface area contributed by atoms with E-state index in [9.17, 15) is 9.90 Å². The predicted octanol–water partition coefficient (Wildman–Crippen LogP) is 1.27.